The van der Waals surface area contributed by atoms with Crippen molar-refractivity contribution in [3.63, 3.8) is 0 Å². The van der Waals surface area contributed by atoms with E-state index in [0.717, 1.165) is 11.1 Å². The van der Waals surface area contributed by atoms with Crippen LogP contribution in [0.3, 0.4) is 0 Å². The lowest BCUT2D eigenvalue weighted by molar-refractivity contribution is -0.350. The van der Waals surface area contributed by atoms with Gasteiger partial charge >= 0.3 is 6.09 Å². The first-order valence-corrected chi connectivity index (χ1v) is 14.9. The van der Waals surface area contributed by atoms with Crippen molar-refractivity contribution in [3.05, 3.63) is 84.1 Å². The molecule has 182 valence electrons. The second-order valence-corrected chi connectivity index (χ2v) is 16.4. The van der Waals surface area contributed by atoms with Crippen LogP contribution < -0.4 is 0 Å². The molecule has 0 unspecified atom stereocenters. The molecular formula is C28H37NO4Si. The van der Waals surface area contributed by atoms with Crippen LogP contribution in [0.5, 0.6) is 0 Å². The number of ether oxygens (including phenoxy) is 2. The van der Waals surface area contributed by atoms with Crippen LogP contribution in [-0.2, 0) is 19.5 Å². The highest BCUT2D eigenvalue weighted by atomic mass is 28.4. The van der Waals surface area contributed by atoms with Crippen molar-refractivity contribution in [2.75, 3.05) is 0 Å². The van der Waals surface area contributed by atoms with E-state index < -0.39 is 37.4 Å². The molecule has 6 heteroatoms. The van der Waals surface area contributed by atoms with E-state index in [1.807, 2.05) is 87.5 Å². The van der Waals surface area contributed by atoms with Crippen LogP contribution in [-0.4, -0.2) is 36.7 Å². The fourth-order valence-corrected chi connectivity index (χ4v) is 5.98. The molecule has 4 rings (SSSR count). The third kappa shape index (κ3) is 3.72. The second-order valence-electron chi connectivity index (χ2n) is 11.7. The summed E-state index contributed by atoms with van der Waals surface area (Å²) in [6, 6.07) is 20.1. The smallest absolute Gasteiger partial charge is 0.416 e. The van der Waals surface area contributed by atoms with Crippen molar-refractivity contribution in [1.82, 2.24) is 4.90 Å². The molecule has 0 saturated carbocycles. The van der Waals surface area contributed by atoms with Gasteiger partial charge in [0.1, 0.15) is 11.7 Å². The van der Waals surface area contributed by atoms with Crippen LogP contribution in [0.1, 0.15) is 52.7 Å². The minimum Gasteiger partial charge on any atom is -0.443 e. The van der Waals surface area contributed by atoms with Gasteiger partial charge < -0.3 is 13.9 Å². The molecule has 0 aromatic heterocycles. The van der Waals surface area contributed by atoms with E-state index in [9.17, 15) is 4.79 Å². The average Bonchev–Trinajstić information content (AvgIpc) is 3.01. The van der Waals surface area contributed by atoms with Gasteiger partial charge in [0.05, 0.1) is 0 Å². The molecule has 0 bridgehead atoms. The molecule has 0 radical (unpaired) electrons. The van der Waals surface area contributed by atoms with E-state index in [-0.39, 0.29) is 5.04 Å². The lowest BCUT2D eigenvalue weighted by Crippen LogP contribution is -2.80. The maximum Gasteiger partial charge on any atom is 0.416 e. The quantitative estimate of drug-likeness (QED) is 0.452. The Morgan fingerprint density at radius 2 is 1.41 bits per heavy atom. The Kier molecular flexibility index (Phi) is 5.87. The van der Waals surface area contributed by atoms with Crippen molar-refractivity contribution in [2.45, 2.75) is 82.7 Å². The lowest BCUT2D eigenvalue weighted by Gasteiger charge is -2.65. The zero-order chi connectivity index (χ0) is 25.0. The second kappa shape index (κ2) is 8.07. The first-order chi connectivity index (χ1) is 15.7. The minimum absolute atomic E-state index is 0.0802. The molecule has 1 saturated heterocycles. The summed E-state index contributed by atoms with van der Waals surface area (Å²) >= 11 is 0. The molecule has 1 fully saturated rings. The highest BCUT2D eigenvalue weighted by Gasteiger charge is 2.77. The van der Waals surface area contributed by atoms with E-state index in [1.165, 1.54) is 0 Å². The van der Waals surface area contributed by atoms with Crippen LogP contribution >= 0.6 is 0 Å². The van der Waals surface area contributed by atoms with Crippen LogP contribution in [0.2, 0.25) is 18.1 Å². The minimum atomic E-state index is -2.40. The molecule has 34 heavy (non-hydrogen) atoms. The topological polar surface area (TPSA) is 48.0 Å². The van der Waals surface area contributed by atoms with E-state index in [4.69, 9.17) is 13.9 Å². The third-order valence-corrected chi connectivity index (χ3v) is 11.6. The van der Waals surface area contributed by atoms with Gasteiger partial charge in [-0.15, -0.1) is 0 Å². The molecule has 5 nitrogen and oxygen atoms in total. The summed E-state index contributed by atoms with van der Waals surface area (Å²) in [5, 5.41) is -0.0802. The van der Waals surface area contributed by atoms with Crippen molar-refractivity contribution in [2.24, 2.45) is 0 Å². The fraction of sp³-hybridized carbons (Fsp3) is 0.464. The number of hydrogen-bond donors (Lipinski definition) is 0. The van der Waals surface area contributed by atoms with Crippen LogP contribution in [0, 0.1) is 0 Å². The highest BCUT2D eigenvalue weighted by Crippen LogP contribution is 2.62. The van der Waals surface area contributed by atoms with Gasteiger partial charge in [0.2, 0.25) is 5.72 Å². The molecule has 0 spiro atoms. The molecule has 0 N–H and O–H groups in total. The summed E-state index contributed by atoms with van der Waals surface area (Å²) in [5.74, 6) is 0. The maximum absolute atomic E-state index is 13.7. The summed E-state index contributed by atoms with van der Waals surface area (Å²) in [7, 11) is -2.40. The maximum atomic E-state index is 13.7. The van der Waals surface area contributed by atoms with Gasteiger partial charge in [-0.05, 0) is 56.1 Å². The van der Waals surface area contributed by atoms with Crippen molar-refractivity contribution < 1.29 is 18.7 Å². The molecule has 0 aliphatic carbocycles. The molecule has 2 heterocycles. The number of carbonyl (C=O) groups excluding carboxylic acids is 1. The molecular weight excluding hydrogens is 442 g/mol. The van der Waals surface area contributed by atoms with Crippen LogP contribution in [0.25, 0.3) is 0 Å². The zero-order valence-electron chi connectivity index (χ0n) is 21.6. The Bertz CT molecular complexity index is 1030. The Morgan fingerprint density at radius 3 is 1.85 bits per heavy atom. The number of amides is 1. The SMILES string of the molecule is CC(C)(C)OC(=O)N1C=C[C@H]2OC(c3ccccc3)(c3ccccc3)[C@]21O[Si](C)(C)C(C)(C)C. The molecule has 2 aliphatic rings. The molecule has 1 amide bonds. The summed E-state index contributed by atoms with van der Waals surface area (Å²) in [6.45, 7) is 16.7. The summed E-state index contributed by atoms with van der Waals surface area (Å²) in [5.41, 5.74) is -0.896. The average molecular weight is 480 g/mol. The molecule has 2 aromatic carbocycles. The number of nitrogens with zero attached hydrogens (tertiary/aromatic N) is 1. The fourth-order valence-electron chi connectivity index (χ4n) is 4.54. The summed E-state index contributed by atoms with van der Waals surface area (Å²) in [6.07, 6.45) is 2.83. The molecule has 2 aliphatic heterocycles. The van der Waals surface area contributed by atoms with Gasteiger partial charge in [0.25, 0.3) is 0 Å². The lowest BCUT2D eigenvalue weighted by atomic mass is 9.70. The Labute approximate surface area is 204 Å². The number of carbonyl (C=O) groups is 1. The Balaban J connectivity index is 1.97. The monoisotopic (exact) mass is 479 g/mol. The van der Waals surface area contributed by atoms with Gasteiger partial charge in [-0.3, -0.25) is 0 Å². The van der Waals surface area contributed by atoms with Gasteiger partial charge in [-0.25, -0.2) is 9.69 Å². The van der Waals surface area contributed by atoms with Gasteiger partial charge in [0, 0.05) is 6.20 Å². The van der Waals surface area contributed by atoms with Crippen molar-refractivity contribution in [1.29, 1.82) is 0 Å². The standard InChI is InChI=1S/C28H37NO4Si/c1-25(2,3)32-24(30)29-20-19-23-28(29,33-34(7,8)26(4,5)6)27(31-23,21-15-11-9-12-16-21)22-17-13-10-14-18-22/h9-20,23H,1-8H3/t23-,28-/m1/s1. The number of hydrogen-bond acceptors (Lipinski definition) is 4. The van der Waals surface area contributed by atoms with E-state index >= 15 is 0 Å². The van der Waals surface area contributed by atoms with Crippen molar-refractivity contribution >= 4 is 14.4 Å². The first kappa shape index (κ1) is 24.7. The highest BCUT2D eigenvalue weighted by molar-refractivity contribution is 6.74. The Hall–Kier alpha value is -2.41. The molecule has 2 aromatic rings. The predicted molar refractivity (Wildman–Crippen MR) is 137 cm³/mol. The largest absolute Gasteiger partial charge is 0.443 e. The van der Waals surface area contributed by atoms with Gasteiger partial charge in [-0.2, -0.15) is 0 Å². The summed E-state index contributed by atoms with van der Waals surface area (Å²) < 4.78 is 19.9. The van der Waals surface area contributed by atoms with Gasteiger partial charge in [0.15, 0.2) is 13.9 Å². The van der Waals surface area contributed by atoms with Crippen LogP contribution in [0.15, 0.2) is 72.9 Å². The normalized spacial score (nSPS) is 23.9. The van der Waals surface area contributed by atoms with E-state index in [0.29, 0.717) is 0 Å². The Morgan fingerprint density at radius 1 is 0.912 bits per heavy atom. The third-order valence-electron chi connectivity index (χ3n) is 7.13. The van der Waals surface area contributed by atoms with Gasteiger partial charge in [-0.1, -0.05) is 81.4 Å². The van der Waals surface area contributed by atoms with E-state index in [1.54, 1.807) is 11.1 Å². The predicted octanol–water partition coefficient (Wildman–Crippen LogP) is 6.81. The number of benzene rings is 2. The first-order valence-electron chi connectivity index (χ1n) is 11.9. The van der Waals surface area contributed by atoms with Crippen molar-refractivity contribution in [3.8, 4) is 0 Å². The summed E-state index contributed by atoms with van der Waals surface area (Å²) in [4.78, 5) is 15.3. The zero-order valence-corrected chi connectivity index (χ0v) is 22.6. The van der Waals surface area contributed by atoms with E-state index in [2.05, 4.69) is 33.9 Å². The number of rotatable bonds is 4. The van der Waals surface area contributed by atoms with Crippen LogP contribution in [0.4, 0.5) is 4.79 Å². The number of fused-ring (bicyclic) bond motifs is 1. The molecule has 2 atom stereocenters.